The van der Waals surface area contributed by atoms with Crippen LogP contribution in [0.2, 0.25) is 0 Å². The van der Waals surface area contributed by atoms with Crippen molar-refractivity contribution in [2.75, 3.05) is 6.54 Å². The summed E-state index contributed by atoms with van der Waals surface area (Å²) >= 11 is 0. The third-order valence-electron chi connectivity index (χ3n) is 4.55. The van der Waals surface area contributed by atoms with Crippen LogP contribution < -0.4 is 5.32 Å². The van der Waals surface area contributed by atoms with Crippen LogP contribution in [0.25, 0.3) is 0 Å². The zero-order valence-corrected chi connectivity index (χ0v) is 14.1. The highest BCUT2D eigenvalue weighted by Crippen LogP contribution is 2.32. The van der Waals surface area contributed by atoms with E-state index in [2.05, 4.69) is 39.9 Å². The second-order valence-corrected chi connectivity index (χ2v) is 8.02. The molecule has 0 heterocycles. The molecule has 0 aromatic carbocycles. The van der Waals surface area contributed by atoms with Crippen LogP contribution in [0.15, 0.2) is 0 Å². The van der Waals surface area contributed by atoms with Gasteiger partial charge in [0.1, 0.15) is 0 Å². The van der Waals surface area contributed by atoms with Crippen LogP contribution in [0, 0.1) is 17.3 Å². The topological polar surface area (TPSA) is 12.0 Å². The molecule has 0 aromatic heterocycles. The first-order valence-corrected chi connectivity index (χ1v) is 8.65. The Morgan fingerprint density at radius 1 is 1.05 bits per heavy atom. The minimum absolute atomic E-state index is 0.472. The van der Waals surface area contributed by atoms with E-state index in [1.54, 1.807) is 0 Å². The number of nitrogens with one attached hydrogen (secondary N) is 1. The molecule has 0 radical (unpaired) electrons. The van der Waals surface area contributed by atoms with Gasteiger partial charge in [0, 0.05) is 6.04 Å². The lowest BCUT2D eigenvalue weighted by atomic mass is 9.79. The molecule has 1 nitrogen and oxygen atoms in total. The first-order valence-electron chi connectivity index (χ1n) is 8.65. The summed E-state index contributed by atoms with van der Waals surface area (Å²) in [5, 5.41) is 3.80. The van der Waals surface area contributed by atoms with Crippen LogP contribution in [0.1, 0.15) is 86.0 Å². The summed E-state index contributed by atoms with van der Waals surface area (Å²) in [7, 11) is 0. The summed E-state index contributed by atoms with van der Waals surface area (Å²) in [6.45, 7) is 13.0. The van der Waals surface area contributed by atoms with Gasteiger partial charge in [-0.15, -0.1) is 0 Å². The Hall–Kier alpha value is -0.0400. The lowest BCUT2D eigenvalue weighted by Crippen LogP contribution is -2.37. The van der Waals surface area contributed by atoms with Gasteiger partial charge in [-0.2, -0.15) is 0 Å². The lowest BCUT2D eigenvalue weighted by Gasteiger charge is -2.31. The van der Waals surface area contributed by atoms with Crippen molar-refractivity contribution < 1.29 is 0 Å². The van der Waals surface area contributed by atoms with Crippen molar-refractivity contribution in [3.63, 3.8) is 0 Å². The van der Waals surface area contributed by atoms with E-state index in [1.165, 1.54) is 51.4 Å². The summed E-state index contributed by atoms with van der Waals surface area (Å²) in [5.41, 5.74) is 0.472. The highest BCUT2D eigenvalue weighted by atomic mass is 14.9. The van der Waals surface area contributed by atoms with Crippen LogP contribution >= 0.6 is 0 Å². The van der Waals surface area contributed by atoms with Gasteiger partial charge >= 0.3 is 0 Å². The fourth-order valence-electron chi connectivity index (χ4n) is 3.98. The van der Waals surface area contributed by atoms with Gasteiger partial charge in [0.25, 0.3) is 0 Å². The molecule has 114 valence electrons. The SMILES string of the molecule is CCNC(CC(C)CC(C)(C)C)C1CCCCCC1. The second-order valence-electron chi connectivity index (χ2n) is 8.02. The van der Waals surface area contributed by atoms with Crippen LogP contribution in [0.4, 0.5) is 0 Å². The zero-order chi connectivity index (χ0) is 14.3. The largest absolute Gasteiger partial charge is 0.314 e. The first kappa shape index (κ1) is 17.0. The first-order chi connectivity index (χ1) is 8.92. The molecule has 0 spiro atoms. The fourth-order valence-corrected chi connectivity index (χ4v) is 3.98. The second kappa shape index (κ2) is 8.29. The van der Waals surface area contributed by atoms with E-state index in [1.807, 2.05) is 0 Å². The molecule has 1 rings (SSSR count). The highest BCUT2D eigenvalue weighted by molar-refractivity contribution is 4.81. The van der Waals surface area contributed by atoms with Gasteiger partial charge in [-0.3, -0.25) is 0 Å². The van der Waals surface area contributed by atoms with E-state index in [4.69, 9.17) is 0 Å². The van der Waals surface area contributed by atoms with Gasteiger partial charge in [-0.05, 0) is 49.5 Å². The number of hydrogen-bond donors (Lipinski definition) is 1. The standard InChI is InChI=1S/C18H37N/c1-6-19-17(13-15(2)14-18(3,4)5)16-11-9-7-8-10-12-16/h15-17,19H,6-14H2,1-5H3. The van der Waals surface area contributed by atoms with Crippen molar-refractivity contribution in [1.82, 2.24) is 5.32 Å². The molecule has 0 saturated heterocycles. The summed E-state index contributed by atoms with van der Waals surface area (Å²) in [4.78, 5) is 0. The maximum atomic E-state index is 3.80. The molecule has 0 aliphatic heterocycles. The minimum atomic E-state index is 0.472. The smallest absolute Gasteiger partial charge is 0.00977 e. The van der Waals surface area contributed by atoms with Crippen molar-refractivity contribution in [3.05, 3.63) is 0 Å². The highest BCUT2D eigenvalue weighted by Gasteiger charge is 2.25. The normalized spacial score (nSPS) is 21.9. The molecule has 2 atom stereocenters. The van der Waals surface area contributed by atoms with Gasteiger partial charge < -0.3 is 5.32 Å². The summed E-state index contributed by atoms with van der Waals surface area (Å²) in [6.07, 6.45) is 11.5. The maximum absolute atomic E-state index is 3.80. The maximum Gasteiger partial charge on any atom is 0.00977 e. The monoisotopic (exact) mass is 267 g/mol. The van der Waals surface area contributed by atoms with Crippen molar-refractivity contribution in [2.45, 2.75) is 92.0 Å². The van der Waals surface area contributed by atoms with Crippen molar-refractivity contribution in [2.24, 2.45) is 17.3 Å². The quantitative estimate of drug-likeness (QED) is 0.636. The van der Waals surface area contributed by atoms with E-state index in [0.29, 0.717) is 5.41 Å². The molecule has 0 aromatic rings. The van der Waals surface area contributed by atoms with Crippen LogP contribution in [-0.2, 0) is 0 Å². The minimum Gasteiger partial charge on any atom is -0.314 e. The molecule has 19 heavy (non-hydrogen) atoms. The van der Waals surface area contributed by atoms with Crippen LogP contribution in [-0.4, -0.2) is 12.6 Å². The number of hydrogen-bond acceptors (Lipinski definition) is 1. The van der Waals surface area contributed by atoms with Gasteiger partial charge in [-0.25, -0.2) is 0 Å². The molecule has 0 amide bonds. The summed E-state index contributed by atoms with van der Waals surface area (Å²) in [5.74, 6) is 1.78. The van der Waals surface area contributed by atoms with Crippen LogP contribution in [0.3, 0.4) is 0 Å². The molecule has 2 unspecified atom stereocenters. The van der Waals surface area contributed by atoms with Gasteiger partial charge in [-0.1, -0.05) is 60.3 Å². The third kappa shape index (κ3) is 7.34. The zero-order valence-electron chi connectivity index (χ0n) is 14.1. The molecule has 0 bridgehead atoms. The van der Waals surface area contributed by atoms with Crippen molar-refractivity contribution >= 4 is 0 Å². The van der Waals surface area contributed by atoms with E-state index in [0.717, 1.165) is 24.4 Å². The predicted molar refractivity (Wildman–Crippen MR) is 86.5 cm³/mol. The van der Waals surface area contributed by atoms with E-state index >= 15 is 0 Å². The van der Waals surface area contributed by atoms with Crippen molar-refractivity contribution in [1.29, 1.82) is 0 Å². The molecule has 1 aliphatic rings. The molecular weight excluding hydrogens is 230 g/mol. The lowest BCUT2D eigenvalue weighted by molar-refractivity contribution is 0.233. The molecule has 1 N–H and O–H groups in total. The molecule has 1 aliphatic carbocycles. The van der Waals surface area contributed by atoms with Gasteiger partial charge in [0.05, 0.1) is 0 Å². The average molecular weight is 268 g/mol. The Kier molecular flexibility index (Phi) is 7.42. The Labute approximate surface area is 121 Å². The average Bonchev–Trinajstić information content (AvgIpc) is 2.54. The Bertz CT molecular complexity index is 220. The fraction of sp³-hybridized carbons (Fsp3) is 1.00. The van der Waals surface area contributed by atoms with Gasteiger partial charge in [0.2, 0.25) is 0 Å². The Morgan fingerprint density at radius 2 is 1.63 bits per heavy atom. The third-order valence-corrected chi connectivity index (χ3v) is 4.55. The van der Waals surface area contributed by atoms with Gasteiger partial charge in [0.15, 0.2) is 0 Å². The van der Waals surface area contributed by atoms with Crippen molar-refractivity contribution in [3.8, 4) is 0 Å². The van der Waals surface area contributed by atoms with Crippen LogP contribution in [0.5, 0.6) is 0 Å². The Balaban J connectivity index is 2.50. The van der Waals surface area contributed by atoms with E-state index < -0.39 is 0 Å². The molecule has 1 saturated carbocycles. The summed E-state index contributed by atoms with van der Waals surface area (Å²) in [6, 6.07) is 0.764. The summed E-state index contributed by atoms with van der Waals surface area (Å²) < 4.78 is 0. The molecule has 1 fully saturated rings. The molecule has 1 heteroatoms. The number of rotatable bonds is 6. The van der Waals surface area contributed by atoms with E-state index in [-0.39, 0.29) is 0 Å². The van der Waals surface area contributed by atoms with E-state index in [9.17, 15) is 0 Å². The Morgan fingerprint density at radius 3 is 2.11 bits per heavy atom. The predicted octanol–water partition coefficient (Wildman–Crippen LogP) is 5.40. The molecular formula is C18H37N.